The number of hydrogen-bond donors (Lipinski definition) is 1. The molecule has 1 saturated carbocycles. The number of alkyl halides is 1. The maximum atomic E-state index is 11.8. The van der Waals surface area contributed by atoms with Crippen LogP contribution in [0.5, 0.6) is 0 Å². The molecule has 1 N–H and O–H groups in total. The highest BCUT2D eigenvalue weighted by molar-refractivity contribution is 9.09. The average Bonchev–Trinajstić information content (AvgIpc) is 3.03. The van der Waals surface area contributed by atoms with Crippen molar-refractivity contribution in [1.82, 2.24) is 5.32 Å². The maximum Gasteiger partial charge on any atom is 0.254 e. The first-order valence-electron chi connectivity index (χ1n) is 5.71. The number of carbonyl (C=O) groups is 1. The molecule has 1 aliphatic rings. The molecule has 1 heterocycles. The molecule has 3 nitrogen and oxygen atoms in total. The Kier molecular flexibility index (Phi) is 3.69. The van der Waals surface area contributed by atoms with Crippen LogP contribution in [0.2, 0.25) is 0 Å². The van der Waals surface area contributed by atoms with Crippen LogP contribution in [0.1, 0.15) is 35.9 Å². The molecule has 1 fully saturated rings. The average molecular weight is 286 g/mol. The van der Waals surface area contributed by atoms with Gasteiger partial charge in [-0.1, -0.05) is 22.9 Å². The molecule has 0 aromatic carbocycles. The summed E-state index contributed by atoms with van der Waals surface area (Å²) in [5, 5.41) is 2.94. The van der Waals surface area contributed by atoms with E-state index in [4.69, 9.17) is 4.42 Å². The van der Waals surface area contributed by atoms with E-state index in [0.717, 1.165) is 18.1 Å². The highest BCUT2D eigenvalue weighted by atomic mass is 79.9. The molecule has 0 radical (unpaired) electrons. The second kappa shape index (κ2) is 5.04. The number of carbonyl (C=O) groups excluding carboxylic acids is 1. The van der Waals surface area contributed by atoms with Crippen molar-refractivity contribution in [2.24, 2.45) is 5.92 Å². The van der Waals surface area contributed by atoms with E-state index in [9.17, 15) is 4.79 Å². The molecule has 16 heavy (non-hydrogen) atoms. The Morgan fingerprint density at radius 1 is 1.69 bits per heavy atom. The van der Waals surface area contributed by atoms with Gasteiger partial charge in [-0.3, -0.25) is 4.79 Å². The third-order valence-electron chi connectivity index (χ3n) is 2.90. The van der Waals surface area contributed by atoms with Crippen molar-refractivity contribution < 1.29 is 9.21 Å². The Bertz CT molecular complexity index is 371. The third kappa shape index (κ3) is 2.67. The molecule has 0 aliphatic heterocycles. The quantitative estimate of drug-likeness (QED) is 0.846. The smallest absolute Gasteiger partial charge is 0.254 e. The highest BCUT2D eigenvalue weighted by Crippen LogP contribution is 2.36. The number of rotatable bonds is 5. The third-order valence-corrected chi connectivity index (χ3v) is 3.97. The standard InChI is InChI=1S/C12H16BrNO2/c1-2-11-9(5-6-16-11)12(15)14-7-10(13)8-3-4-8/h5-6,8,10H,2-4,7H2,1H3,(H,14,15). The number of hydrogen-bond acceptors (Lipinski definition) is 2. The Morgan fingerprint density at radius 3 is 3.06 bits per heavy atom. The zero-order valence-corrected chi connectivity index (χ0v) is 10.9. The zero-order chi connectivity index (χ0) is 11.5. The number of furan rings is 1. The van der Waals surface area contributed by atoms with Gasteiger partial charge in [0.2, 0.25) is 0 Å². The lowest BCUT2D eigenvalue weighted by molar-refractivity contribution is 0.0951. The van der Waals surface area contributed by atoms with Gasteiger partial charge in [-0.05, 0) is 24.8 Å². The zero-order valence-electron chi connectivity index (χ0n) is 9.33. The van der Waals surface area contributed by atoms with Gasteiger partial charge in [-0.15, -0.1) is 0 Å². The van der Waals surface area contributed by atoms with E-state index in [-0.39, 0.29) is 5.91 Å². The van der Waals surface area contributed by atoms with Crippen molar-refractivity contribution in [3.63, 3.8) is 0 Å². The van der Waals surface area contributed by atoms with E-state index in [1.807, 2.05) is 6.92 Å². The minimum absolute atomic E-state index is 0.0318. The fourth-order valence-electron chi connectivity index (χ4n) is 1.73. The molecule has 1 aromatic heterocycles. The van der Waals surface area contributed by atoms with Crippen LogP contribution < -0.4 is 5.32 Å². The van der Waals surface area contributed by atoms with Crippen LogP contribution in [0.25, 0.3) is 0 Å². The lowest BCUT2D eigenvalue weighted by Gasteiger charge is -2.09. The molecule has 1 aromatic rings. The van der Waals surface area contributed by atoms with Gasteiger partial charge < -0.3 is 9.73 Å². The Balaban J connectivity index is 1.87. The summed E-state index contributed by atoms with van der Waals surface area (Å²) in [5.41, 5.74) is 0.665. The molecule has 1 unspecified atom stereocenters. The van der Waals surface area contributed by atoms with Crippen LogP contribution >= 0.6 is 15.9 Å². The summed E-state index contributed by atoms with van der Waals surface area (Å²) in [5.74, 6) is 1.47. The lowest BCUT2D eigenvalue weighted by atomic mass is 10.2. The second-order valence-corrected chi connectivity index (χ2v) is 5.35. The molecule has 0 saturated heterocycles. The van der Waals surface area contributed by atoms with Gasteiger partial charge in [0, 0.05) is 17.8 Å². The van der Waals surface area contributed by atoms with E-state index < -0.39 is 0 Å². The van der Waals surface area contributed by atoms with Crippen LogP contribution in [-0.4, -0.2) is 17.3 Å². The molecule has 88 valence electrons. The topological polar surface area (TPSA) is 42.2 Å². The predicted molar refractivity (Wildman–Crippen MR) is 65.9 cm³/mol. The monoisotopic (exact) mass is 285 g/mol. The highest BCUT2D eigenvalue weighted by Gasteiger charge is 2.29. The molecule has 1 atom stereocenters. The minimum Gasteiger partial charge on any atom is -0.469 e. The number of nitrogens with one attached hydrogen (secondary N) is 1. The fraction of sp³-hybridized carbons (Fsp3) is 0.583. The van der Waals surface area contributed by atoms with Gasteiger partial charge in [-0.2, -0.15) is 0 Å². The van der Waals surface area contributed by atoms with Gasteiger partial charge in [0.15, 0.2) is 0 Å². The second-order valence-electron chi connectivity index (χ2n) is 4.17. The number of amides is 1. The first-order chi connectivity index (χ1) is 7.72. The van der Waals surface area contributed by atoms with E-state index in [0.29, 0.717) is 16.9 Å². The van der Waals surface area contributed by atoms with Crippen molar-refractivity contribution in [2.75, 3.05) is 6.54 Å². The van der Waals surface area contributed by atoms with Gasteiger partial charge >= 0.3 is 0 Å². The van der Waals surface area contributed by atoms with Crippen molar-refractivity contribution in [3.05, 3.63) is 23.7 Å². The van der Waals surface area contributed by atoms with Crippen LogP contribution in [0.3, 0.4) is 0 Å². The largest absolute Gasteiger partial charge is 0.469 e. The van der Waals surface area contributed by atoms with Crippen LogP contribution in [-0.2, 0) is 6.42 Å². The Labute approximate surface area is 104 Å². The molecule has 0 spiro atoms. The molecule has 0 bridgehead atoms. The summed E-state index contributed by atoms with van der Waals surface area (Å²) >= 11 is 3.59. The van der Waals surface area contributed by atoms with Crippen molar-refractivity contribution >= 4 is 21.8 Å². The fourth-order valence-corrected chi connectivity index (χ4v) is 2.42. The molecular formula is C12H16BrNO2. The first-order valence-corrected chi connectivity index (χ1v) is 6.62. The molecule has 4 heteroatoms. The Morgan fingerprint density at radius 2 is 2.44 bits per heavy atom. The van der Waals surface area contributed by atoms with Gasteiger partial charge in [0.1, 0.15) is 5.76 Å². The van der Waals surface area contributed by atoms with Gasteiger partial charge in [-0.25, -0.2) is 0 Å². The molecular weight excluding hydrogens is 270 g/mol. The van der Waals surface area contributed by atoms with E-state index in [2.05, 4.69) is 21.2 Å². The minimum atomic E-state index is -0.0318. The summed E-state index contributed by atoms with van der Waals surface area (Å²) in [4.78, 5) is 12.3. The van der Waals surface area contributed by atoms with Gasteiger partial charge in [0.05, 0.1) is 11.8 Å². The number of aryl methyl sites for hydroxylation is 1. The normalized spacial score (nSPS) is 17.1. The van der Waals surface area contributed by atoms with E-state index in [1.54, 1.807) is 12.3 Å². The van der Waals surface area contributed by atoms with Crippen molar-refractivity contribution in [3.8, 4) is 0 Å². The van der Waals surface area contributed by atoms with Crippen LogP contribution in [0.4, 0.5) is 0 Å². The Hall–Kier alpha value is -0.770. The summed E-state index contributed by atoms with van der Waals surface area (Å²) in [7, 11) is 0. The summed E-state index contributed by atoms with van der Waals surface area (Å²) < 4.78 is 5.23. The van der Waals surface area contributed by atoms with Crippen molar-refractivity contribution in [2.45, 2.75) is 31.0 Å². The van der Waals surface area contributed by atoms with Gasteiger partial charge in [0.25, 0.3) is 5.91 Å². The number of halogens is 1. The summed E-state index contributed by atoms with van der Waals surface area (Å²) in [6.07, 6.45) is 4.87. The SMILES string of the molecule is CCc1occc1C(=O)NCC(Br)C1CC1. The lowest BCUT2D eigenvalue weighted by Crippen LogP contribution is -2.30. The maximum absolute atomic E-state index is 11.8. The van der Waals surface area contributed by atoms with Crippen LogP contribution in [0, 0.1) is 5.92 Å². The molecule has 1 aliphatic carbocycles. The van der Waals surface area contributed by atoms with E-state index >= 15 is 0 Å². The van der Waals surface area contributed by atoms with Crippen molar-refractivity contribution in [1.29, 1.82) is 0 Å². The summed E-state index contributed by atoms with van der Waals surface area (Å²) in [6, 6.07) is 1.73. The first kappa shape index (κ1) is 11.7. The van der Waals surface area contributed by atoms with E-state index in [1.165, 1.54) is 12.8 Å². The predicted octanol–water partition coefficient (Wildman–Crippen LogP) is 2.75. The summed E-state index contributed by atoms with van der Waals surface area (Å²) in [6.45, 7) is 2.67. The van der Waals surface area contributed by atoms with Crippen LogP contribution in [0.15, 0.2) is 16.7 Å². The molecule has 2 rings (SSSR count). The molecule has 1 amide bonds.